The molecule has 1 amide bonds. The van der Waals surface area contributed by atoms with E-state index >= 15 is 0 Å². The van der Waals surface area contributed by atoms with Gasteiger partial charge < -0.3 is 15.0 Å². The lowest BCUT2D eigenvalue weighted by Crippen LogP contribution is -2.49. The Balaban J connectivity index is 1.60. The van der Waals surface area contributed by atoms with Crippen LogP contribution < -0.4 is 10.1 Å². The molecule has 0 bridgehead atoms. The first-order chi connectivity index (χ1) is 17.9. The van der Waals surface area contributed by atoms with Crippen LogP contribution in [0.25, 0.3) is 0 Å². The highest BCUT2D eigenvalue weighted by atomic mass is 19.4. The van der Waals surface area contributed by atoms with Gasteiger partial charge in [-0.2, -0.15) is 13.2 Å². The van der Waals surface area contributed by atoms with Gasteiger partial charge in [0.05, 0.1) is 11.7 Å². The fourth-order valence-electron chi connectivity index (χ4n) is 4.95. The second-order valence-electron chi connectivity index (χ2n) is 10.5. The number of halogens is 3. The number of piperazine rings is 1. The zero-order valence-electron chi connectivity index (χ0n) is 23.5. The Bertz CT molecular complexity index is 1060. The van der Waals surface area contributed by atoms with Crippen molar-refractivity contribution in [3.05, 3.63) is 64.2 Å². The first kappa shape index (κ1) is 30.0. The third-order valence-corrected chi connectivity index (χ3v) is 7.61. The highest BCUT2D eigenvalue weighted by Crippen LogP contribution is 2.33. The van der Waals surface area contributed by atoms with E-state index in [4.69, 9.17) is 4.74 Å². The lowest BCUT2D eigenvalue weighted by molar-refractivity contribution is -0.137. The molecular formula is C30H42F3N3O2. The van der Waals surface area contributed by atoms with Crippen LogP contribution in [0.5, 0.6) is 5.75 Å². The lowest BCUT2D eigenvalue weighted by atomic mass is 9.96. The molecule has 0 aromatic heterocycles. The molecule has 8 heteroatoms. The lowest BCUT2D eigenvalue weighted by Gasteiger charge is -2.39. The topological polar surface area (TPSA) is 44.8 Å². The van der Waals surface area contributed by atoms with Crippen LogP contribution in [0, 0.1) is 13.8 Å². The summed E-state index contributed by atoms with van der Waals surface area (Å²) in [6, 6.07) is 9.33. The van der Waals surface area contributed by atoms with Crippen molar-refractivity contribution in [1.82, 2.24) is 15.1 Å². The molecule has 38 heavy (non-hydrogen) atoms. The van der Waals surface area contributed by atoms with E-state index in [9.17, 15) is 18.0 Å². The summed E-state index contributed by atoms with van der Waals surface area (Å²) in [6.07, 6.45) is -2.34. The van der Waals surface area contributed by atoms with Crippen molar-refractivity contribution in [1.29, 1.82) is 0 Å². The van der Waals surface area contributed by atoms with Crippen LogP contribution in [0.2, 0.25) is 0 Å². The molecule has 2 atom stereocenters. The zero-order valence-corrected chi connectivity index (χ0v) is 23.5. The number of amides is 1. The highest BCUT2D eigenvalue weighted by Gasteiger charge is 2.31. The van der Waals surface area contributed by atoms with Crippen LogP contribution in [0.1, 0.15) is 79.2 Å². The maximum atomic E-state index is 12.9. The number of ether oxygens (including phenoxy) is 1. The number of nitrogens with zero attached hydrogens (tertiary/aromatic N) is 2. The van der Waals surface area contributed by atoms with Gasteiger partial charge >= 0.3 is 6.18 Å². The minimum atomic E-state index is -4.41. The second-order valence-corrected chi connectivity index (χ2v) is 10.5. The number of rotatable bonds is 10. The van der Waals surface area contributed by atoms with Crippen LogP contribution in [0.15, 0.2) is 36.4 Å². The number of nitrogens with one attached hydrogen (secondary N) is 1. The molecule has 0 aliphatic carbocycles. The van der Waals surface area contributed by atoms with Crippen molar-refractivity contribution in [2.45, 2.75) is 78.7 Å². The molecule has 2 unspecified atom stereocenters. The number of hydrogen-bond acceptors (Lipinski definition) is 4. The van der Waals surface area contributed by atoms with E-state index in [-0.39, 0.29) is 23.6 Å². The van der Waals surface area contributed by atoms with Crippen molar-refractivity contribution < 1.29 is 22.7 Å². The van der Waals surface area contributed by atoms with Gasteiger partial charge in [-0.3, -0.25) is 9.69 Å². The molecule has 1 heterocycles. The molecule has 0 radical (unpaired) electrons. The highest BCUT2D eigenvalue weighted by molar-refractivity contribution is 5.94. The molecule has 210 valence electrons. The smallest absolute Gasteiger partial charge is 0.416 e. The minimum Gasteiger partial charge on any atom is -0.490 e. The van der Waals surface area contributed by atoms with E-state index in [1.165, 1.54) is 23.3 Å². The second kappa shape index (κ2) is 13.0. The first-order valence-electron chi connectivity index (χ1n) is 13.6. The largest absolute Gasteiger partial charge is 0.490 e. The zero-order chi connectivity index (χ0) is 28.0. The molecule has 1 aliphatic rings. The average Bonchev–Trinajstić information content (AvgIpc) is 2.89. The van der Waals surface area contributed by atoms with Crippen molar-refractivity contribution in [2.24, 2.45) is 0 Å². The van der Waals surface area contributed by atoms with Gasteiger partial charge in [-0.05, 0) is 87.2 Å². The molecule has 0 saturated carbocycles. The van der Waals surface area contributed by atoms with Crippen molar-refractivity contribution in [3.63, 3.8) is 0 Å². The molecule has 0 spiro atoms. The molecule has 3 rings (SSSR count). The van der Waals surface area contributed by atoms with Gasteiger partial charge in [-0.25, -0.2) is 0 Å². The summed E-state index contributed by atoms with van der Waals surface area (Å²) < 4.78 is 44.9. The van der Waals surface area contributed by atoms with E-state index < -0.39 is 11.7 Å². The maximum absolute atomic E-state index is 12.9. The van der Waals surface area contributed by atoms with Gasteiger partial charge in [0.2, 0.25) is 0 Å². The van der Waals surface area contributed by atoms with Gasteiger partial charge in [0.25, 0.3) is 5.91 Å². The molecule has 1 saturated heterocycles. The van der Waals surface area contributed by atoms with E-state index in [0.717, 1.165) is 42.8 Å². The third-order valence-electron chi connectivity index (χ3n) is 7.61. The van der Waals surface area contributed by atoms with Crippen LogP contribution in [0.3, 0.4) is 0 Å². The third kappa shape index (κ3) is 7.50. The van der Waals surface area contributed by atoms with Crippen LogP contribution in [0.4, 0.5) is 13.2 Å². The predicted molar refractivity (Wildman–Crippen MR) is 146 cm³/mol. The number of carbonyl (C=O) groups is 1. The van der Waals surface area contributed by atoms with E-state index in [0.29, 0.717) is 32.2 Å². The van der Waals surface area contributed by atoms with Gasteiger partial charge in [-0.1, -0.05) is 26.8 Å². The summed E-state index contributed by atoms with van der Waals surface area (Å²) in [5.41, 5.74) is 3.15. The van der Waals surface area contributed by atoms with Crippen LogP contribution in [-0.4, -0.2) is 60.6 Å². The number of hydrogen-bond donors (Lipinski definition) is 1. The summed E-state index contributed by atoms with van der Waals surface area (Å²) in [5.74, 6) is 0.704. The fraction of sp³-hybridized carbons (Fsp3) is 0.567. The average molecular weight is 534 g/mol. The summed E-state index contributed by atoms with van der Waals surface area (Å²) in [4.78, 5) is 16.9. The maximum Gasteiger partial charge on any atom is 0.416 e. The van der Waals surface area contributed by atoms with Crippen molar-refractivity contribution in [2.75, 3.05) is 32.7 Å². The SMILES string of the molecule is CCC(CCNC(C)C)Oc1ccc(C(C)N2CCN(C(=O)c3ccc(C(F)(F)F)cc3)CC2)c(C)c1C. The van der Waals surface area contributed by atoms with Crippen molar-refractivity contribution >= 4 is 5.91 Å². The molecule has 1 fully saturated rings. The Kier molecular flexibility index (Phi) is 10.2. The van der Waals surface area contributed by atoms with Gasteiger partial charge in [0.1, 0.15) is 5.75 Å². The van der Waals surface area contributed by atoms with Gasteiger partial charge in [0, 0.05) is 43.8 Å². The molecular weight excluding hydrogens is 491 g/mol. The summed E-state index contributed by atoms with van der Waals surface area (Å²) in [6.45, 7) is 16.3. The van der Waals surface area contributed by atoms with Crippen LogP contribution >= 0.6 is 0 Å². The number of alkyl halides is 3. The Morgan fingerprint density at radius 2 is 1.61 bits per heavy atom. The molecule has 2 aromatic rings. The first-order valence-corrected chi connectivity index (χ1v) is 13.6. The van der Waals surface area contributed by atoms with Crippen LogP contribution in [-0.2, 0) is 6.18 Å². The monoisotopic (exact) mass is 533 g/mol. The minimum absolute atomic E-state index is 0.165. The molecule has 1 aliphatic heterocycles. The van der Waals surface area contributed by atoms with E-state index in [1.54, 1.807) is 4.90 Å². The van der Waals surface area contributed by atoms with E-state index in [1.807, 2.05) is 0 Å². The summed E-state index contributed by atoms with van der Waals surface area (Å²) in [5, 5.41) is 3.46. The standard InChI is InChI=1S/C30H42F3N3O2/c1-7-26(14-15-34-20(2)3)38-28-13-12-27(21(4)22(28)5)23(6)35-16-18-36(19-17-35)29(37)24-8-10-25(11-9-24)30(31,32)33/h8-13,20,23,26,34H,7,14-19H2,1-6H3. The number of benzene rings is 2. The molecule has 2 aromatic carbocycles. The quantitative estimate of drug-likeness (QED) is 0.385. The summed E-state index contributed by atoms with van der Waals surface area (Å²) >= 11 is 0. The molecule has 5 nitrogen and oxygen atoms in total. The Hall–Kier alpha value is -2.58. The Morgan fingerprint density at radius 1 is 0.974 bits per heavy atom. The Morgan fingerprint density at radius 3 is 2.16 bits per heavy atom. The van der Waals surface area contributed by atoms with E-state index in [2.05, 4.69) is 63.9 Å². The van der Waals surface area contributed by atoms with Gasteiger partial charge in [0.15, 0.2) is 0 Å². The van der Waals surface area contributed by atoms with Crippen molar-refractivity contribution in [3.8, 4) is 5.75 Å². The number of carbonyl (C=O) groups excluding carboxylic acids is 1. The fourth-order valence-corrected chi connectivity index (χ4v) is 4.95. The molecule has 1 N–H and O–H groups in total. The summed E-state index contributed by atoms with van der Waals surface area (Å²) in [7, 11) is 0. The normalized spacial score (nSPS) is 16.5. The Labute approximate surface area is 225 Å². The predicted octanol–water partition coefficient (Wildman–Crippen LogP) is 6.39. The van der Waals surface area contributed by atoms with Gasteiger partial charge in [-0.15, -0.1) is 0 Å².